The van der Waals surface area contributed by atoms with Crippen LogP contribution in [0.5, 0.6) is 5.75 Å². The van der Waals surface area contributed by atoms with Crippen molar-refractivity contribution in [1.82, 2.24) is 4.90 Å². The summed E-state index contributed by atoms with van der Waals surface area (Å²) in [5.74, 6) is 0.740. The van der Waals surface area contributed by atoms with Crippen molar-refractivity contribution in [3.63, 3.8) is 0 Å². The maximum Gasteiger partial charge on any atom is 0.138 e. The monoisotopic (exact) mass is 344 g/mol. The lowest BCUT2D eigenvalue weighted by molar-refractivity contribution is 0.211. The van der Waals surface area contributed by atoms with Crippen molar-refractivity contribution in [1.29, 1.82) is 0 Å². The summed E-state index contributed by atoms with van der Waals surface area (Å²) >= 11 is 6.38. The van der Waals surface area contributed by atoms with Crippen LogP contribution in [-0.2, 0) is 13.0 Å². The molecule has 1 atom stereocenters. The third-order valence-corrected chi connectivity index (χ3v) is 4.79. The van der Waals surface area contributed by atoms with E-state index in [9.17, 15) is 0 Å². The first-order valence-corrected chi connectivity index (χ1v) is 9.01. The van der Waals surface area contributed by atoms with Crippen LogP contribution in [0.3, 0.4) is 0 Å². The second kappa shape index (κ2) is 8.52. The Morgan fingerprint density at radius 2 is 1.96 bits per heavy atom. The highest BCUT2D eigenvalue weighted by atomic mass is 35.5. The zero-order valence-electron chi connectivity index (χ0n) is 14.0. The highest BCUT2D eigenvalue weighted by molar-refractivity contribution is 6.32. The number of ether oxygens (including phenoxy) is 1. The lowest BCUT2D eigenvalue weighted by Crippen LogP contribution is -2.43. The second-order valence-corrected chi connectivity index (χ2v) is 6.90. The minimum atomic E-state index is 0.330. The zero-order chi connectivity index (χ0) is 16.8. The van der Waals surface area contributed by atoms with Crippen LogP contribution in [0, 0.1) is 0 Å². The van der Waals surface area contributed by atoms with Gasteiger partial charge in [-0.2, -0.15) is 0 Å². The van der Waals surface area contributed by atoms with Gasteiger partial charge in [-0.25, -0.2) is 0 Å². The minimum Gasteiger partial charge on any atom is -0.487 e. The van der Waals surface area contributed by atoms with Gasteiger partial charge >= 0.3 is 0 Å². The molecule has 0 aromatic heterocycles. The standard InChI is InChI=1S/C20H25ClN2O/c21-19-13-16(10-12-23-11-4-7-18(22)14-23)8-9-20(19)24-15-17-5-2-1-3-6-17/h1-3,5-6,8-9,13,18H,4,7,10-12,14-15,22H2/t18-/m1/s1. The Labute approximate surface area is 149 Å². The number of hydrogen-bond donors (Lipinski definition) is 1. The summed E-state index contributed by atoms with van der Waals surface area (Å²) < 4.78 is 5.83. The van der Waals surface area contributed by atoms with Gasteiger partial charge in [0.25, 0.3) is 0 Å². The van der Waals surface area contributed by atoms with Gasteiger partial charge in [0.05, 0.1) is 5.02 Å². The Balaban J connectivity index is 1.52. The van der Waals surface area contributed by atoms with Crippen LogP contribution in [0.1, 0.15) is 24.0 Å². The highest BCUT2D eigenvalue weighted by Crippen LogP contribution is 2.26. The van der Waals surface area contributed by atoms with Gasteiger partial charge in [0.2, 0.25) is 0 Å². The summed E-state index contributed by atoms with van der Waals surface area (Å²) in [5, 5.41) is 0.679. The van der Waals surface area contributed by atoms with Crippen molar-refractivity contribution in [2.24, 2.45) is 5.73 Å². The maximum atomic E-state index is 6.38. The molecular formula is C20H25ClN2O. The van der Waals surface area contributed by atoms with E-state index in [1.807, 2.05) is 42.5 Å². The van der Waals surface area contributed by atoms with Gasteiger partial charge in [-0.15, -0.1) is 0 Å². The SMILES string of the molecule is N[C@@H]1CCCN(CCc2ccc(OCc3ccccc3)c(Cl)c2)C1. The largest absolute Gasteiger partial charge is 0.487 e. The average molecular weight is 345 g/mol. The van der Waals surface area contributed by atoms with Crippen LogP contribution in [-0.4, -0.2) is 30.6 Å². The van der Waals surface area contributed by atoms with Gasteiger partial charge in [-0.05, 0) is 49.1 Å². The van der Waals surface area contributed by atoms with E-state index in [2.05, 4.69) is 11.0 Å². The third-order valence-electron chi connectivity index (χ3n) is 4.49. The molecule has 24 heavy (non-hydrogen) atoms. The van der Waals surface area contributed by atoms with Crippen LogP contribution >= 0.6 is 11.6 Å². The molecule has 2 aromatic rings. The van der Waals surface area contributed by atoms with Crippen molar-refractivity contribution >= 4 is 11.6 Å². The van der Waals surface area contributed by atoms with Gasteiger partial charge in [0.1, 0.15) is 12.4 Å². The molecule has 3 rings (SSSR count). The molecule has 1 saturated heterocycles. The number of nitrogens with two attached hydrogens (primary N) is 1. The van der Waals surface area contributed by atoms with Gasteiger partial charge in [-0.1, -0.05) is 48.0 Å². The highest BCUT2D eigenvalue weighted by Gasteiger charge is 2.16. The number of nitrogens with zero attached hydrogens (tertiary/aromatic N) is 1. The van der Waals surface area contributed by atoms with E-state index in [4.69, 9.17) is 22.1 Å². The van der Waals surface area contributed by atoms with E-state index in [-0.39, 0.29) is 0 Å². The maximum absolute atomic E-state index is 6.38. The Morgan fingerprint density at radius 1 is 1.12 bits per heavy atom. The molecule has 3 nitrogen and oxygen atoms in total. The molecule has 1 aliphatic heterocycles. The lowest BCUT2D eigenvalue weighted by atomic mass is 10.1. The molecule has 1 heterocycles. The van der Waals surface area contributed by atoms with Crippen LogP contribution in [0.15, 0.2) is 48.5 Å². The molecule has 1 fully saturated rings. The normalized spacial score (nSPS) is 18.5. The van der Waals surface area contributed by atoms with Crippen LogP contribution in [0.25, 0.3) is 0 Å². The van der Waals surface area contributed by atoms with Gasteiger partial charge < -0.3 is 15.4 Å². The lowest BCUT2D eigenvalue weighted by Gasteiger charge is -2.30. The average Bonchev–Trinajstić information content (AvgIpc) is 2.60. The molecule has 128 valence electrons. The molecule has 2 aromatic carbocycles. The van der Waals surface area contributed by atoms with E-state index in [1.54, 1.807) is 0 Å². The molecule has 0 bridgehead atoms. The first-order chi connectivity index (χ1) is 11.7. The second-order valence-electron chi connectivity index (χ2n) is 6.49. The van der Waals surface area contributed by atoms with Crippen LogP contribution in [0.4, 0.5) is 0 Å². The van der Waals surface area contributed by atoms with Crippen LogP contribution < -0.4 is 10.5 Å². The molecule has 2 N–H and O–H groups in total. The van der Waals surface area contributed by atoms with Crippen molar-refractivity contribution < 1.29 is 4.74 Å². The van der Waals surface area contributed by atoms with E-state index in [1.165, 1.54) is 12.0 Å². The smallest absolute Gasteiger partial charge is 0.138 e. The molecule has 0 aliphatic carbocycles. The molecule has 0 saturated carbocycles. The number of halogens is 1. The molecule has 4 heteroatoms. The van der Waals surface area contributed by atoms with Crippen LogP contribution in [0.2, 0.25) is 5.02 Å². The summed E-state index contributed by atoms with van der Waals surface area (Å²) in [6.45, 7) is 3.73. The summed E-state index contributed by atoms with van der Waals surface area (Å²) in [4.78, 5) is 2.45. The topological polar surface area (TPSA) is 38.5 Å². The van der Waals surface area contributed by atoms with E-state index in [0.29, 0.717) is 17.7 Å². The fourth-order valence-electron chi connectivity index (χ4n) is 3.13. The fourth-order valence-corrected chi connectivity index (χ4v) is 3.39. The Kier molecular flexibility index (Phi) is 6.13. The van der Waals surface area contributed by atoms with E-state index >= 15 is 0 Å². The number of hydrogen-bond acceptors (Lipinski definition) is 3. The van der Waals surface area contributed by atoms with Crippen molar-refractivity contribution in [3.8, 4) is 5.75 Å². The summed E-state index contributed by atoms with van der Waals surface area (Å²) in [5.41, 5.74) is 8.42. The quantitative estimate of drug-likeness (QED) is 0.864. The number of likely N-dealkylation sites (tertiary alicyclic amines) is 1. The Bertz CT molecular complexity index is 647. The number of rotatable bonds is 6. The molecule has 0 unspecified atom stereocenters. The molecule has 0 spiro atoms. The fraction of sp³-hybridized carbons (Fsp3) is 0.400. The van der Waals surface area contributed by atoms with Crippen molar-refractivity contribution in [3.05, 3.63) is 64.7 Å². The van der Waals surface area contributed by atoms with Crippen molar-refractivity contribution in [2.45, 2.75) is 31.9 Å². The zero-order valence-corrected chi connectivity index (χ0v) is 14.7. The summed E-state index contributed by atoms with van der Waals surface area (Å²) in [6, 6.07) is 16.5. The van der Waals surface area contributed by atoms with E-state index in [0.717, 1.165) is 43.8 Å². The summed E-state index contributed by atoms with van der Waals surface area (Å²) in [6.07, 6.45) is 3.34. The summed E-state index contributed by atoms with van der Waals surface area (Å²) in [7, 11) is 0. The number of piperidine rings is 1. The third kappa shape index (κ3) is 4.97. The predicted octanol–water partition coefficient (Wildman–Crippen LogP) is 3.88. The van der Waals surface area contributed by atoms with Gasteiger partial charge in [0, 0.05) is 19.1 Å². The molecule has 1 aliphatic rings. The molecule has 0 radical (unpaired) electrons. The first kappa shape index (κ1) is 17.3. The molecular weight excluding hydrogens is 320 g/mol. The minimum absolute atomic E-state index is 0.330. The predicted molar refractivity (Wildman–Crippen MR) is 99.6 cm³/mol. The van der Waals surface area contributed by atoms with Gasteiger partial charge in [0.15, 0.2) is 0 Å². The van der Waals surface area contributed by atoms with Crippen molar-refractivity contribution in [2.75, 3.05) is 19.6 Å². The number of benzene rings is 2. The first-order valence-electron chi connectivity index (χ1n) is 8.64. The molecule has 0 amide bonds. The van der Waals surface area contributed by atoms with E-state index < -0.39 is 0 Å². The van der Waals surface area contributed by atoms with Gasteiger partial charge in [-0.3, -0.25) is 0 Å². The Hall–Kier alpha value is -1.55. The Morgan fingerprint density at radius 3 is 2.71 bits per heavy atom.